The van der Waals surface area contributed by atoms with E-state index in [-0.39, 0.29) is 18.4 Å². The molecule has 1 amide bonds. The number of nitrogens with two attached hydrogens (primary N) is 1. The van der Waals surface area contributed by atoms with Gasteiger partial charge in [0.1, 0.15) is 5.75 Å². The van der Waals surface area contributed by atoms with E-state index in [9.17, 15) is 9.90 Å². The zero-order chi connectivity index (χ0) is 15.1. The largest absolute Gasteiger partial charge is 0.496 e. The van der Waals surface area contributed by atoms with Crippen molar-refractivity contribution < 1.29 is 14.6 Å². The second-order valence-electron chi connectivity index (χ2n) is 4.81. The summed E-state index contributed by atoms with van der Waals surface area (Å²) in [4.78, 5) is 12.1. The molecule has 5 heteroatoms. The van der Waals surface area contributed by atoms with Crippen LogP contribution in [0.1, 0.15) is 37.0 Å². The van der Waals surface area contributed by atoms with E-state index in [2.05, 4.69) is 5.32 Å². The normalized spacial score (nSPS) is 12.2. The first-order valence-corrected chi connectivity index (χ1v) is 6.93. The summed E-state index contributed by atoms with van der Waals surface area (Å²) in [5, 5.41) is 12.7. The van der Waals surface area contributed by atoms with Crippen LogP contribution < -0.4 is 15.8 Å². The first-order chi connectivity index (χ1) is 9.53. The number of carbonyl (C=O) groups is 1. The predicted octanol–water partition coefficient (Wildman–Crippen LogP) is 1.80. The number of hydrogen-bond donors (Lipinski definition) is 3. The lowest BCUT2D eigenvalue weighted by atomic mass is 9.96. The van der Waals surface area contributed by atoms with Gasteiger partial charge in [-0.25, -0.2) is 0 Å². The summed E-state index contributed by atoms with van der Waals surface area (Å²) in [6, 6.07) is 4.87. The Morgan fingerprint density at radius 3 is 2.60 bits per heavy atom. The zero-order valence-electron chi connectivity index (χ0n) is 12.3. The smallest absolute Gasteiger partial charge is 0.255 e. The van der Waals surface area contributed by atoms with E-state index in [4.69, 9.17) is 10.5 Å². The van der Waals surface area contributed by atoms with Crippen LogP contribution in [0, 0.1) is 5.92 Å². The first kappa shape index (κ1) is 16.3. The van der Waals surface area contributed by atoms with Crippen molar-refractivity contribution >= 4 is 11.6 Å². The third-order valence-corrected chi connectivity index (χ3v) is 3.53. The molecule has 0 radical (unpaired) electrons. The standard InChI is InChI=1S/C15H24N2O3/c1-4-10(5-2)13(18)9-17-15(19)12-7-6-11(16)8-14(12)20-3/h6-8,10,13,18H,4-5,9,16H2,1-3H3,(H,17,19). The van der Waals surface area contributed by atoms with Crippen LogP contribution in [0.4, 0.5) is 5.69 Å². The van der Waals surface area contributed by atoms with E-state index in [1.54, 1.807) is 18.2 Å². The average Bonchev–Trinajstić information content (AvgIpc) is 2.45. The number of amides is 1. The summed E-state index contributed by atoms with van der Waals surface area (Å²) in [5.74, 6) is 0.356. The van der Waals surface area contributed by atoms with Gasteiger partial charge in [0.05, 0.1) is 18.8 Å². The molecule has 0 aliphatic heterocycles. The summed E-state index contributed by atoms with van der Waals surface area (Å²) in [6.07, 6.45) is 1.24. The lowest BCUT2D eigenvalue weighted by Crippen LogP contribution is -2.36. The molecule has 1 unspecified atom stereocenters. The van der Waals surface area contributed by atoms with Gasteiger partial charge in [-0.05, 0) is 18.1 Å². The van der Waals surface area contributed by atoms with Crippen LogP contribution in [0.5, 0.6) is 5.75 Å². The summed E-state index contributed by atoms with van der Waals surface area (Å²) in [5.41, 5.74) is 6.60. The molecule has 0 fully saturated rings. The fourth-order valence-corrected chi connectivity index (χ4v) is 2.19. The van der Waals surface area contributed by atoms with E-state index < -0.39 is 6.10 Å². The molecule has 4 N–H and O–H groups in total. The molecule has 0 heterocycles. The second kappa shape index (κ2) is 7.75. The second-order valence-corrected chi connectivity index (χ2v) is 4.81. The summed E-state index contributed by atoms with van der Waals surface area (Å²) in [6.45, 7) is 4.29. The number of nitrogens with one attached hydrogen (secondary N) is 1. The number of benzene rings is 1. The van der Waals surface area contributed by atoms with Crippen molar-refractivity contribution in [1.82, 2.24) is 5.32 Å². The molecule has 112 valence electrons. The molecule has 1 aromatic rings. The molecule has 0 bridgehead atoms. The van der Waals surface area contributed by atoms with Gasteiger partial charge >= 0.3 is 0 Å². The Balaban J connectivity index is 2.68. The number of methoxy groups -OCH3 is 1. The fourth-order valence-electron chi connectivity index (χ4n) is 2.19. The monoisotopic (exact) mass is 280 g/mol. The van der Waals surface area contributed by atoms with Crippen LogP contribution in [0.3, 0.4) is 0 Å². The molecular weight excluding hydrogens is 256 g/mol. The number of nitrogen functional groups attached to an aromatic ring is 1. The molecule has 5 nitrogen and oxygen atoms in total. The maximum absolute atomic E-state index is 12.1. The Morgan fingerprint density at radius 1 is 1.40 bits per heavy atom. The predicted molar refractivity (Wildman–Crippen MR) is 79.8 cm³/mol. The van der Waals surface area contributed by atoms with E-state index in [1.807, 2.05) is 13.8 Å². The molecule has 1 aromatic carbocycles. The lowest BCUT2D eigenvalue weighted by molar-refractivity contribution is 0.0814. The van der Waals surface area contributed by atoms with Crippen molar-refractivity contribution in [2.75, 3.05) is 19.4 Å². The van der Waals surface area contributed by atoms with E-state index in [0.717, 1.165) is 12.8 Å². The maximum Gasteiger partial charge on any atom is 0.255 e. The molecule has 0 aliphatic rings. The number of ether oxygens (including phenoxy) is 1. The minimum atomic E-state index is -0.534. The number of hydrogen-bond acceptors (Lipinski definition) is 4. The van der Waals surface area contributed by atoms with Crippen LogP contribution in [0.2, 0.25) is 0 Å². The summed E-state index contributed by atoms with van der Waals surface area (Å²) >= 11 is 0. The van der Waals surface area contributed by atoms with Crippen molar-refractivity contribution in [2.24, 2.45) is 5.92 Å². The highest BCUT2D eigenvalue weighted by Gasteiger charge is 2.18. The number of aliphatic hydroxyl groups excluding tert-OH is 1. The van der Waals surface area contributed by atoms with Crippen LogP contribution in [0.25, 0.3) is 0 Å². The molecule has 0 saturated carbocycles. The third-order valence-electron chi connectivity index (χ3n) is 3.53. The first-order valence-electron chi connectivity index (χ1n) is 6.93. The number of carbonyl (C=O) groups excluding carboxylic acids is 1. The topological polar surface area (TPSA) is 84.6 Å². The molecule has 1 atom stereocenters. The molecule has 0 aliphatic carbocycles. The van der Waals surface area contributed by atoms with E-state index >= 15 is 0 Å². The summed E-state index contributed by atoms with van der Waals surface area (Å²) < 4.78 is 5.14. The van der Waals surface area contributed by atoms with Crippen molar-refractivity contribution in [3.05, 3.63) is 23.8 Å². The van der Waals surface area contributed by atoms with Gasteiger partial charge in [-0.1, -0.05) is 26.7 Å². The highest BCUT2D eigenvalue weighted by atomic mass is 16.5. The van der Waals surface area contributed by atoms with Crippen molar-refractivity contribution in [2.45, 2.75) is 32.8 Å². The minimum absolute atomic E-state index is 0.198. The average molecular weight is 280 g/mol. The Hall–Kier alpha value is -1.75. The molecule has 0 spiro atoms. The van der Waals surface area contributed by atoms with Crippen molar-refractivity contribution in [3.8, 4) is 5.75 Å². The van der Waals surface area contributed by atoms with E-state index in [0.29, 0.717) is 17.0 Å². The third kappa shape index (κ3) is 4.13. The Bertz CT molecular complexity index is 445. The van der Waals surface area contributed by atoms with Crippen LogP contribution in [-0.4, -0.2) is 30.8 Å². The van der Waals surface area contributed by atoms with Gasteiger partial charge in [-0.15, -0.1) is 0 Å². The van der Waals surface area contributed by atoms with Gasteiger partial charge in [0.15, 0.2) is 0 Å². The molecule has 0 aromatic heterocycles. The number of anilines is 1. The lowest BCUT2D eigenvalue weighted by Gasteiger charge is -2.20. The van der Waals surface area contributed by atoms with Gasteiger partial charge in [0.2, 0.25) is 0 Å². The minimum Gasteiger partial charge on any atom is -0.496 e. The molecule has 20 heavy (non-hydrogen) atoms. The molecule has 1 rings (SSSR count). The van der Waals surface area contributed by atoms with E-state index in [1.165, 1.54) is 7.11 Å². The van der Waals surface area contributed by atoms with Crippen LogP contribution in [0.15, 0.2) is 18.2 Å². The van der Waals surface area contributed by atoms with Crippen molar-refractivity contribution in [1.29, 1.82) is 0 Å². The SMILES string of the molecule is CCC(CC)C(O)CNC(=O)c1ccc(N)cc1OC. The van der Waals surface area contributed by atoms with Crippen LogP contribution in [-0.2, 0) is 0 Å². The van der Waals surface area contributed by atoms with Gasteiger partial charge in [0.25, 0.3) is 5.91 Å². The summed E-state index contributed by atoms with van der Waals surface area (Å²) in [7, 11) is 1.49. The molecule has 0 saturated heterocycles. The fraction of sp³-hybridized carbons (Fsp3) is 0.533. The highest BCUT2D eigenvalue weighted by Crippen LogP contribution is 2.21. The van der Waals surface area contributed by atoms with Crippen LogP contribution >= 0.6 is 0 Å². The van der Waals surface area contributed by atoms with Gasteiger partial charge in [0, 0.05) is 18.3 Å². The van der Waals surface area contributed by atoms with Crippen molar-refractivity contribution in [3.63, 3.8) is 0 Å². The van der Waals surface area contributed by atoms with Gasteiger partial charge < -0.3 is 20.9 Å². The highest BCUT2D eigenvalue weighted by molar-refractivity contribution is 5.97. The Labute approximate surface area is 120 Å². The number of rotatable bonds is 7. The Kier molecular flexibility index (Phi) is 6.31. The molecular formula is C15H24N2O3. The van der Waals surface area contributed by atoms with Gasteiger partial charge in [-0.3, -0.25) is 4.79 Å². The quantitative estimate of drug-likeness (QED) is 0.665. The Morgan fingerprint density at radius 2 is 2.05 bits per heavy atom. The zero-order valence-corrected chi connectivity index (χ0v) is 12.3. The number of aliphatic hydroxyl groups is 1. The maximum atomic E-state index is 12.1. The van der Waals surface area contributed by atoms with Gasteiger partial charge in [-0.2, -0.15) is 0 Å².